The Balaban J connectivity index is 1.43. The van der Waals surface area contributed by atoms with Crippen LogP contribution in [0.2, 0.25) is 0 Å². The molecular weight excluding hydrogens is 488 g/mol. The third kappa shape index (κ3) is 5.83. The molecule has 1 amide bonds. The van der Waals surface area contributed by atoms with Crippen LogP contribution < -0.4 is 14.4 Å². The number of hydrogen-bond donors (Lipinski definition) is 1. The number of carbonyl (C=O) groups excluding carboxylic acids is 1. The minimum Gasteiger partial charge on any atom is -0.495 e. The zero-order valence-corrected chi connectivity index (χ0v) is 20.6. The van der Waals surface area contributed by atoms with E-state index in [2.05, 4.69) is 4.72 Å². The first-order chi connectivity index (χ1) is 17.3. The molecule has 7 nitrogen and oxygen atoms in total. The van der Waals surface area contributed by atoms with Gasteiger partial charge in [0.2, 0.25) is 10.0 Å². The third-order valence-electron chi connectivity index (χ3n) is 6.09. The van der Waals surface area contributed by atoms with E-state index in [1.54, 1.807) is 35.2 Å². The van der Waals surface area contributed by atoms with Crippen LogP contribution in [0.1, 0.15) is 15.9 Å². The summed E-state index contributed by atoms with van der Waals surface area (Å²) in [7, 11) is -2.30. The highest BCUT2D eigenvalue weighted by Crippen LogP contribution is 2.32. The fourth-order valence-corrected chi connectivity index (χ4v) is 5.16. The molecule has 0 aromatic heterocycles. The number of carbonyl (C=O) groups is 1. The van der Waals surface area contributed by atoms with Gasteiger partial charge >= 0.3 is 0 Å². The molecule has 190 valence electrons. The van der Waals surface area contributed by atoms with E-state index in [1.165, 1.54) is 43.5 Å². The smallest absolute Gasteiger partial charge is 0.256 e. The molecular formula is C26H27F2N3O4S. The molecule has 10 heteroatoms. The van der Waals surface area contributed by atoms with E-state index in [1.807, 2.05) is 4.90 Å². The number of nitrogens with one attached hydrogen (secondary N) is 1. The summed E-state index contributed by atoms with van der Waals surface area (Å²) in [5.74, 6) is -0.769. The molecule has 1 aliphatic rings. The predicted molar refractivity (Wildman–Crippen MR) is 133 cm³/mol. The zero-order valence-electron chi connectivity index (χ0n) is 19.8. The van der Waals surface area contributed by atoms with Gasteiger partial charge in [-0.15, -0.1) is 0 Å². The van der Waals surface area contributed by atoms with Crippen molar-refractivity contribution < 1.29 is 26.7 Å². The monoisotopic (exact) mass is 515 g/mol. The maximum Gasteiger partial charge on any atom is 0.256 e. The van der Waals surface area contributed by atoms with Crippen molar-refractivity contribution in [1.82, 2.24) is 9.62 Å². The van der Waals surface area contributed by atoms with Crippen LogP contribution in [0.4, 0.5) is 14.5 Å². The second-order valence-corrected chi connectivity index (χ2v) is 10.1. The largest absolute Gasteiger partial charge is 0.495 e. The van der Waals surface area contributed by atoms with Crippen molar-refractivity contribution in [3.8, 4) is 5.75 Å². The van der Waals surface area contributed by atoms with Crippen molar-refractivity contribution in [3.05, 3.63) is 89.5 Å². The second kappa shape index (κ2) is 11.0. The number of hydrogen-bond acceptors (Lipinski definition) is 5. The highest BCUT2D eigenvalue weighted by molar-refractivity contribution is 7.89. The Hall–Kier alpha value is -3.50. The highest BCUT2D eigenvalue weighted by atomic mass is 32.2. The summed E-state index contributed by atoms with van der Waals surface area (Å²) in [5.41, 5.74) is 1.44. The summed E-state index contributed by atoms with van der Waals surface area (Å²) >= 11 is 0. The SMILES string of the molecule is COc1ccc(S(=O)(=O)NCCc2ccc(F)cc2)cc1N1CCN(C(=O)c2ccccc2F)CC1. The van der Waals surface area contributed by atoms with Crippen LogP contribution in [0.15, 0.2) is 71.6 Å². The fourth-order valence-electron chi connectivity index (χ4n) is 4.10. The van der Waals surface area contributed by atoms with Gasteiger partial charge in [0.1, 0.15) is 17.4 Å². The minimum absolute atomic E-state index is 0.0309. The lowest BCUT2D eigenvalue weighted by Crippen LogP contribution is -2.49. The standard InChI is InChI=1S/C26H27F2N3O4S/c1-35-25-11-10-21(36(33,34)29-13-12-19-6-8-20(27)9-7-19)18-24(25)30-14-16-31(17-15-30)26(32)22-4-2-3-5-23(22)28/h2-11,18,29H,12-17H2,1H3. The Labute approximate surface area is 209 Å². The van der Waals surface area contributed by atoms with E-state index in [4.69, 9.17) is 4.74 Å². The molecule has 0 atom stereocenters. The topological polar surface area (TPSA) is 79.0 Å². The maximum absolute atomic E-state index is 14.0. The van der Waals surface area contributed by atoms with Gasteiger partial charge < -0.3 is 14.5 Å². The van der Waals surface area contributed by atoms with Crippen molar-refractivity contribution in [1.29, 1.82) is 0 Å². The average Bonchev–Trinajstić information content (AvgIpc) is 2.89. The normalized spacial score (nSPS) is 14.1. The summed E-state index contributed by atoms with van der Waals surface area (Å²) in [6.07, 6.45) is 0.417. The molecule has 3 aromatic rings. The second-order valence-electron chi connectivity index (χ2n) is 8.37. The van der Waals surface area contributed by atoms with Crippen molar-refractivity contribution in [2.75, 3.05) is 44.7 Å². The van der Waals surface area contributed by atoms with Gasteiger partial charge in [0.15, 0.2) is 0 Å². The molecule has 3 aromatic carbocycles. The Bertz CT molecular complexity index is 1330. The molecule has 0 bridgehead atoms. The zero-order chi connectivity index (χ0) is 25.7. The Morgan fingerprint density at radius 3 is 2.33 bits per heavy atom. The molecule has 0 spiro atoms. The first-order valence-corrected chi connectivity index (χ1v) is 13.0. The highest BCUT2D eigenvalue weighted by Gasteiger charge is 2.26. The lowest BCUT2D eigenvalue weighted by Gasteiger charge is -2.36. The predicted octanol–water partition coefficient (Wildman–Crippen LogP) is 3.46. The Morgan fingerprint density at radius 1 is 0.972 bits per heavy atom. The molecule has 0 unspecified atom stereocenters. The molecule has 1 aliphatic heterocycles. The van der Waals surface area contributed by atoms with E-state index in [0.717, 1.165) is 5.56 Å². The molecule has 0 saturated carbocycles. The number of amides is 1. The van der Waals surface area contributed by atoms with Crippen LogP contribution in [-0.2, 0) is 16.4 Å². The Morgan fingerprint density at radius 2 is 1.67 bits per heavy atom. The number of piperazine rings is 1. The summed E-state index contributed by atoms with van der Waals surface area (Å²) in [5, 5.41) is 0. The van der Waals surface area contributed by atoms with E-state index in [-0.39, 0.29) is 28.7 Å². The summed E-state index contributed by atoms with van der Waals surface area (Å²) in [6, 6.07) is 16.4. The first-order valence-electron chi connectivity index (χ1n) is 11.5. The molecule has 1 heterocycles. The van der Waals surface area contributed by atoms with E-state index < -0.39 is 15.8 Å². The number of rotatable bonds is 8. The van der Waals surface area contributed by atoms with Gasteiger partial charge in [-0.3, -0.25) is 4.79 Å². The lowest BCUT2D eigenvalue weighted by atomic mass is 10.1. The number of halogens is 2. The summed E-state index contributed by atoms with van der Waals surface area (Å²) in [6.45, 7) is 1.72. The maximum atomic E-state index is 14.0. The molecule has 1 N–H and O–H groups in total. The first kappa shape index (κ1) is 25.6. The van der Waals surface area contributed by atoms with Gasteiger partial charge in [-0.2, -0.15) is 0 Å². The van der Waals surface area contributed by atoms with Crippen molar-refractivity contribution in [2.45, 2.75) is 11.3 Å². The van der Waals surface area contributed by atoms with E-state index in [9.17, 15) is 22.0 Å². The van der Waals surface area contributed by atoms with E-state index in [0.29, 0.717) is 44.0 Å². The Kier molecular flexibility index (Phi) is 7.85. The fraction of sp³-hybridized carbons (Fsp3) is 0.269. The quantitative estimate of drug-likeness (QED) is 0.497. The van der Waals surface area contributed by atoms with Gasteiger partial charge in [0.25, 0.3) is 5.91 Å². The number of benzene rings is 3. The molecule has 0 radical (unpaired) electrons. The number of anilines is 1. The van der Waals surface area contributed by atoms with Crippen molar-refractivity contribution in [3.63, 3.8) is 0 Å². The molecule has 0 aliphatic carbocycles. The minimum atomic E-state index is -3.80. The molecule has 1 saturated heterocycles. The molecule has 4 rings (SSSR count). The van der Waals surface area contributed by atoms with Crippen LogP contribution in [0, 0.1) is 11.6 Å². The molecule has 36 heavy (non-hydrogen) atoms. The lowest BCUT2D eigenvalue weighted by molar-refractivity contribution is 0.0742. The van der Waals surface area contributed by atoms with Crippen LogP contribution in [0.5, 0.6) is 5.75 Å². The van der Waals surface area contributed by atoms with Gasteiger partial charge in [0, 0.05) is 32.7 Å². The number of ether oxygens (including phenoxy) is 1. The van der Waals surface area contributed by atoms with Crippen molar-refractivity contribution >= 4 is 21.6 Å². The van der Waals surface area contributed by atoms with Gasteiger partial charge in [-0.25, -0.2) is 21.9 Å². The summed E-state index contributed by atoms with van der Waals surface area (Å²) in [4.78, 5) is 16.3. The number of methoxy groups -OCH3 is 1. The average molecular weight is 516 g/mol. The van der Waals surface area contributed by atoms with Gasteiger partial charge in [-0.1, -0.05) is 24.3 Å². The number of nitrogens with zero attached hydrogens (tertiary/aromatic N) is 2. The van der Waals surface area contributed by atoms with E-state index >= 15 is 0 Å². The van der Waals surface area contributed by atoms with Crippen LogP contribution in [0.25, 0.3) is 0 Å². The van der Waals surface area contributed by atoms with Gasteiger partial charge in [-0.05, 0) is 54.4 Å². The van der Waals surface area contributed by atoms with Crippen molar-refractivity contribution in [2.24, 2.45) is 0 Å². The number of sulfonamides is 1. The third-order valence-corrected chi connectivity index (χ3v) is 7.55. The van der Waals surface area contributed by atoms with Crippen LogP contribution in [0.3, 0.4) is 0 Å². The van der Waals surface area contributed by atoms with Gasteiger partial charge in [0.05, 0.1) is 23.3 Å². The summed E-state index contributed by atoms with van der Waals surface area (Å²) < 4.78 is 61.0. The van der Waals surface area contributed by atoms with Crippen LogP contribution >= 0.6 is 0 Å². The van der Waals surface area contributed by atoms with Crippen LogP contribution in [-0.4, -0.2) is 59.1 Å². The molecule has 1 fully saturated rings.